The molecule has 0 atom stereocenters. The van der Waals surface area contributed by atoms with Crippen LogP contribution in [0, 0.1) is 10.1 Å². The van der Waals surface area contributed by atoms with Gasteiger partial charge in [-0.2, -0.15) is 0 Å². The Morgan fingerprint density at radius 1 is 1.37 bits per heavy atom. The first-order valence-corrected chi connectivity index (χ1v) is 5.85. The quantitative estimate of drug-likeness (QED) is 0.674. The Balaban J connectivity index is 2.34. The Morgan fingerprint density at radius 3 is 2.84 bits per heavy atom. The number of carbonyl (C=O) groups is 1. The number of carboxylic acids is 1. The number of aromatic nitrogens is 2. The SMILES string of the molecule is O=C(O)c1ccnc(Sc2ccncc2[N+](=O)[O-])c1. The Labute approximate surface area is 111 Å². The minimum Gasteiger partial charge on any atom is -0.478 e. The number of nitro groups is 1. The number of carboxylic acid groups (broad SMARTS) is 1. The zero-order valence-electron chi connectivity index (χ0n) is 9.39. The van der Waals surface area contributed by atoms with Crippen LogP contribution in [0.2, 0.25) is 0 Å². The summed E-state index contributed by atoms with van der Waals surface area (Å²) in [6.45, 7) is 0. The van der Waals surface area contributed by atoms with Gasteiger partial charge in [0.15, 0.2) is 0 Å². The Kier molecular flexibility index (Phi) is 3.71. The number of hydrogen-bond donors (Lipinski definition) is 1. The molecule has 96 valence electrons. The first kappa shape index (κ1) is 13.0. The molecule has 8 heteroatoms. The smallest absolute Gasteiger partial charge is 0.335 e. The van der Waals surface area contributed by atoms with Crippen LogP contribution in [-0.2, 0) is 0 Å². The van der Waals surface area contributed by atoms with Gasteiger partial charge >= 0.3 is 11.7 Å². The van der Waals surface area contributed by atoms with Crippen molar-refractivity contribution in [2.24, 2.45) is 0 Å². The van der Waals surface area contributed by atoms with E-state index in [0.29, 0.717) is 9.92 Å². The van der Waals surface area contributed by atoms with Crippen molar-refractivity contribution >= 4 is 23.4 Å². The Hall–Kier alpha value is -2.48. The van der Waals surface area contributed by atoms with Crippen molar-refractivity contribution in [1.82, 2.24) is 9.97 Å². The third-order valence-corrected chi connectivity index (χ3v) is 3.15. The molecule has 0 aliphatic heterocycles. The predicted molar refractivity (Wildman–Crippen MR) is 66.2 cm³/mol. The van der Waals surface area contributed by atoms with Gasteiger partial charge in [0.25, 0.3) is 0 Å². The molecule has 1 N–H and O–H groups in total. The summed E-state index contributed by atoms with van der Waals surface area (Å²) in [5, 5.41) is 20.1. The van der Waals surface area contributed by atoms with Crippen molar-refractivity contribution in [3.63, 3.8) is 0 Å². The monoisotopic (exact) mass is 277 g/mol. The van der Waals surface area contributed by atoms with E-state index >= 15 is 0 Å². The lowest BCUT2D eigenvalue weighted by atomic mass is 10.3. The topological polar surface area (TPSA) is 106 Å². The molecule has 19 heavy (non-hydrogen) atoms. The second kappa shape index (κ2) is 5.44. The van der Waals surface area contributed by atoms with Gasteiger partial charge in [0.2, 0.25) is 0 Å². The van der Waals surface area contributed by atoms with Crippen LogP contribution in [0.15, 0.2) is 46.7 Å². The number of nitrogens with zero attached hydrogens (tertiary/aromatic N) is 3. The highest BCUT2D eigenvalue weighted by Gasteiger charge is 2.15. The molecule has 2 rings (SSSR count). The van der Waals surface area contributed by atoms with E-state index in [0.717, 1.165) is 18.0 Å². The van der Waals surface area contributed by atoms with E-state index in [1.165, 1.54) is 30.6 Å². The molecular weight excluding hydrogens is 270 g/mol. The van der Waals surface area contributed by atoms with Gasteiger partial charge in [-0.3, -0.25) is 15.1 Å². The predicted octanol–water partition coefficient (Wildman–Crippen LogP) is 2.23. The van der Waals surface area contributed by atoms with Crippen LogP contribution >= 0.6 is 11.8 Å². The van der Waals surface area contributed by atoms with Crippen LogP contribution in [0.3, 0.4) is 0 Å². The maximum Gasteiger partial charge on any atom is 0.335 e. The lowest BCUT2D eigenvalue weighted by Gasteiger charge is -2.02. The van der Waals surface area contributed by atoms with Crippen LogP contribution < -0.4 is 0 Å². The molecule has 2 heterocycles. The molecule has 0 spiro atoms. The lowest BCUT2D eigenvalue weighted by Crippen LogP contribution is -1.97. The highest BCUT2D eigenvalue weighted by atomic mass is 32.2. The fourth-order valence-electron chi connectivity index (χ4n) is 1.31. The second-order valence-electron chi connectivity index (χ2n) is 3.39. The molecule has 2 aromatic heterocycles. The van der Waals surface area contributed by atoms with Crippen LogP contribution in [-0.4, -0.2) is 26.0 Å². The van der Waals surface area contributed by atoms with Crippen molar-refractivity contribution in [1.29, 1.82) is 0 Å². The minimum atomic E-state index is -1.08. The van der Waals surface area contributed by atoms with Gasteiger partial charge < -0.3 is 5.11 Å². The van der Waals surface area contributed by atoms with Gasteiger partial charge in [0.1, 0.15) is 11.2 Å². The molecular formula is C11H7N3O4S. The Bertz CT molecular complexity index is 647. The summed E-state index contributed by atoms with van der Waals surface area (Å²) in [6, 6.07) is 4.20. The lowest BCUT2D eigenvalue weighted by molar-refractivity contribution is -0.388. The molecule has 0 aliphatic rings. The molecule has 0 amide bonds. The summed E-state index contributed by atoms with van der Waals surface area (Å²) < 4.78 is 0. The molecule has 0 fully saturated rings. The molecule has 2 aromatic rings. The minimum absolute atomic E-state index is 0.0780. The first-order chi connectivity index (χ1) is 9.08. The summed E-state index contributed by atoms with van der Waals surface area (Å²) in [5.74, 6) is -1.08. The van der Waals surface area contributed by atoms with E-state index in [1.54, 1.807) is 0 Å². The maximum atomic E-state index is 10.8. The average molecular weight is 277 g/mol. The third-order valence-electron chi connectivity index (χ3n) is 2.15. The zero-order valence-corrected chi connectivity index (χ0v) is 10.2. The number of hydrogen-bond acceptors (Lipinski definition) is 6. The van der Waals surface area contributed by atoms with E-state index in [1.807, 2.05) is 0 Å². The van der Waals surface area contributed by atoms with Crippen LogP contribution in [0.5, 0.6) is 0 Å². The molecule has 0 unspecified atom stereocenters. The van der Waals surface area contributed by atoms with Crippen molar-refractivity contribution in [2.75, 3.05) is 0 Å². The van der Waals surface area contributed by atoms with Crippen molar-refractivity contribution in [3.8, 4) is 0 Å². The van der Waals surface area contributed by atoms with Crippen LogP contribution in [0.1, 0.15) is 10.4 Å². The molecule has 0 radical (unpaired) electrons. The van der Waals surface area contributed by atoms with Gasteiger partial charge in [-0.05, 0) is 18.2 Å². The van der Waals surface area contributed by atoms with Gasteiger partial charge in [0, 0.05) is 12.4 Å². The van der Waals surface area contributed by atoms with E-state index in [-0.39, 0.29) is 11.3 Å². The largest absolute Gasteiger partial charge is 0.478 e. The molecule has 0 aromatic carbocycles. The normalized spacial score (nSPS) is 10.1. The van der Waals surface area contributed by atoms with E-state index in [9.17, 15) is 14.9 Å². The Morgan fingerprint density at radius 2 is 2.16 bits per heavy atom. The van der Waals surface area contributed by atoms with Gasteiger partial charge in [-0.25, -0.2) is 9.78 Å². The van der Waals surface area contributed by atoms with E-state index < -0.39 is 10.9 Å². The summed E-state index contributed by atoms with van der Waals surface area (Å²) in [6.07, 6.45) is 3.92. The number of pyridine rings is 2. The number of aromatic carboxylic acids is 1. The van der Waals surface area contributed by atoms with Crippen LogP contribution in [0.25, 0.3) is 0 Å². The summed E-state index contributed by atoms with van der Waals surface area (Å²) in [7, 11) is 0. The standard InChI is InChI=1S/C11H7N3O4S/c15-11(16)7-1-4-13-10(5-7)19-9-2-3-12-6-8(9)14(17)18/h1-6H,(H,15,16). The van der Waals surface area contributed by atoms with E-state index in [2.05, 4.69) is 9.97 Å². The highest BCUT2D eigenvalue weighted by molar-refractivity contribution is 7.99. The van der Waals surface area contributed by atoms with Crippen molar-refractivity contribution in [3.05, 3.63) is 52.5 Å². The summed E-state index contributed by atoms with van der Waals surface area (Å²) in [4.78, 5) is 29.1. The third kappa shape index (κ3) is 3.05. The summed E-state index contributed by atoms with van der Waals surface area (Å²) in [5.41, 5.74) is -0.0655. The first-order valence-electron chi connectivity index (χ1n) is 5.03. The highest BCUT2D eigenvalue weighted by Crippen LogP contribution is 2.32. The second-order valence-corrected chi connectivity index (χ2v) is 4.45. The number of rotatable bonds is 4. The molecule has 7 nitrogen and oxygen atoms in total. The zero-order chi connectivity index (χ0) is 13.8. The van der Waals surface area contributed by atoms with Gasteiger partial charge in [-0.15, -0.1) is 0 Å². The van der Waals surface area contributed by atoms with Crippen LogP contribution in [0.4, 0.5) is 5.69 Å². The average Bonchev–Trinajstić information content (AvgIpc) is 2.39. The van der Waals surface area contributed by atoms with Gasteiger partial charge in [-0.1, -0.05) is 11.8 Å². The fraction of sp³-hybridized carbons (Fsp3) is 0. The summed E-state index contributed by atoms with van der Waals surface area (Å²) >= 11 is 1.02. The van der Waals surface area contributed by atoms with Crippen molar-refractivity contribution in [2.45, 2.75) is 9.92 Å². The molecule has 0 saturated carbocycles. The fourth-order valence-corrected chi connectivity index (χ4v) is 2.19. The van der Waals surface area contributed by atoms with Gasteiger partial charge in [0.05, 0.1) is 15.4 Å². The molecule has 0 aliphatic carbocycles. The molecule has 0 bridgehead atoms. The van der Waals surface area contributed by atoms with Crippen molar-refractivity contribution < 1.29 is 14.8 Å². The van der Waals surface area contributed by atoms with E-state index in [4.69, 9.17) is 5.11 Å². The molecule has 0 saturated heterocycles. The maximum absolute atomic E-state index is 10.8.